The van der Waals surface area contributed by atoms with Crippen LogP contribution in [0.1, 0.15) is 52.9 Å². The van der Waals surface area contributed by atoms with E-state index in [0.29, 0.717) is 6.42 Å². The van der Waals surface area contributed by atoms with Crippen molar-refractivity contribution in [2.75, 3.05) is 13.7 Å². The smallest absolute Gasteiger partial charge is 0.379 e. The lowest BCUT2D eigenvalue weighted by Gasteiger charge is -2.38. The van der Waals surface area contributed by atoms with Gasteiger partial charge in [-0.2, -0.15) is 13.2 Å². The average Bonchev–Trinajstić information content (AvgIpc) is 3.15. The highest BCUT2D eigenvalue weighted by Gasteiger charge is 2.70. The van der Waals surface area contributed by atoms with E-state index in [9.17, 15) is 37.1 Å². The van der Waals surface area contributed by atoms with Gasteiger partial charge in [-0.1, -0.05) is 13.8 Å². The normalized spacial score (nSPS) is 30.4. The Morgan fingerprint density at radius 2 is 1.85 bits per heavy atom. The van der Waals surface area contributed by atoms with Gasteiger partial charge < -0.3 is 31.3 Å². The first-order valence-electron chi connectivity index (χ1n) is 13.1. The van der Waals surface area contributed by atoms with Crippen LogP contribution in [0, 0.1) is 23.2 Å². The molecule has 2 aliphatic heterocycles. The van der Waals surface area contributed by atoms with E-state index in [1.165, 1.54) is 14.0 Å². The highest BCUT2D eigenvalue weighted by Crippen LogP contribution is 2.65. The Kier molecular flexibility index (Phi) is 7.41. The number of rotatable bonds is 9. The molecule has 2 saturated carbocycles. The van der Waals surface area contributed by atoms with Crippen molar-refractivity contribution in [3.63, 3.8) is 0 Å². The number of alkyl halides is 3. The molecule has 0 aromatic carbocycles. The van der Waals surface area contributed by atoms with Crippen LogP contribution < -0.4 is 21.7 Å². The number of nitrogens with one attached hydrogen (secondary N) is 3. The van der Waals surface area contributed by atoms with Gasteiger partial charge in [0.1, 0.15) is 18.1 Å². The van der Waals surface area contributed by atoms with Gasteiger partial charge in [0.25, 0.3) is 0 Å². The van der Waals surface area contributed by atoms with E-state index in [4.69, 9.17) is 10.5 Å². The van der Waals surface area contributed by atoms with E-state index in [2.05, 4.69) is 10.6 Å². The third-order valence-electron chi connectivity index (χ3n) is 9.30. The Labute approximate surface area is 224 Å². The molecule has 4 rings (SSSR count). The molecule has 4 fully saturated rings. The van der Waals surface area contributed by atoms with Gasteiger partial charge in [0.05, 0.1) is 6.10 Å². The second-order valence-electron chi connectivity index (χ2n) is 12.0. The molecule has 7 atom stereocenters. The Bertz CT molecular complexity index is 1060. The van der Waals surface area contributed by atoms with E-state index in [1.54, 1.807) is 5.32 Å². The molecule has 0 bridgehead atoms. The number of ether oxygens (including phenoxy) is 1. The van der Waals surface area contributed by atoms with Crippen molar-refractivity contribution >= 4 is 29.5 Å². The number of amides is 5. The molecule has 5 N–H and O–H groups in total. The van der Waals surface area contributed by atoms with Gasteiger partial charge in [0.15, 0.2) is 0 Å². The molecule has 11 nitrogen and oxygen atoms in total. The molecular weight excluding hydrogens is 523 g/mol. The SMILES string of the molecule is CO[C@H](C)[C@H](NC(=O)C(F)(F)F)C(=O)N1C[C@H]2[C@@H]([C@H]1C(=O)N[C@@H](C[C@@H]1CC3(CCC3)NC1=O)C(N)=O)C2(C)C. The number of fused-ring (bicyclic) bond motifs is 1. The number of hydrogen-bond donors (Lipinski definition) is 4. The minimum Gasteiger partial charge on any atom is -0.379 e. The zero-order chi connectivity index (χ0) is 29.1. The van der Waals surface area contributed by atoms with Crippen LogP contribution in [0.2, 0.25) is 0 Å². The summed E-state index contributed by atoms with van der Waals surface area (Å²) in [6, 6.07) is -3.99. The molecule has 4 aliphatic rings. The maximum Gasteiger partial charge on any atom is 0.471 e. The number of carbonyl (C=O) groups is 5. The summed E-state index contributed by atoms with van der Waals surface area (Å²) < 4.78 is 44.0. The van der Waals surface area contributed by atoms with E-state index < -0.39 is 60.0 Å². The van der Waals surface area contributed by atoms with Gasteiger partial charge in [-0.25, -0.2) is 0 Å². The van der Waals surface area contributed by atoms with Crippen LogP contribution in [0.4, 0.5) is 13.2 Å². The quantitative estimate of drug-likeness (QED) is 0.310. The summed E-state index contributed by atoms with van der Waals surface area (Å²) in [7, 11) is 1.18. The molecule has 14 heteroatoms. The molecule has 1 spiro atoms. The predicted molar refractivity (Wildman–Crippen MR) is 129 cm³/mol. The molecule has 0 unspecified atom stereocenters. The van der Waals surface area contributed by atoms with Gasteiger partial charge in [-0.3, -0.25) is 24.0 Å². The Balaban J connectivity index is 1.51. The first kappa shape index (κ1) is 29.1. The number of carbonyl (C=O) groups excluding carboxylic acids is 5. The fraction of sp³-hybridized carbons (Fsp3) is 0.800. The number of piperidine rings is 1. The van der Waals surface area contributed by atoms with E-state index in [0.717, 1.165) is 24.2 Å². The average molecular weight is 560 g/mol. The summed E-state index contributed by atoms with van der Waals surface area (Å²) >= 11 is 0. The molecule has 2 heterocycles. The zero-order valence-corrected chi connectivity index (χ0v) is 22.4. The van der Waals surface area contributed by atoms with Crippen LogP contribution in [-0.2, 0) is 28.7 Å². The van der Waals surface area contributed by atoms with Crippen LogP contribution >= 0.6 is 0 Å². The monoisotopic (exact) mass is 559 g/mol. The highest BCUT2D eigenvalue weighted by molar-refractivity contribution is 5.96. The lowest BCUT2D eigenvalue weighted by atomic mass is 9.74. The fourth-order valence-corrected chi connectivity index (χ4v) is 6.62. The minimum absolute atomic E-state index is 0.00220. The standard InChI is InChI=1S/C25H36F3N5O6/c1-11(39-4)16(31-22(38)25(26,27)28)21(37)33-10-13-15(23(13,2)3)17(33)20(36)30-14(18(29)34)8-12-9-24(6-5-7-24)32-19(12)35/h11-17H,5-10H2,1-4H3,(H2,29,34)(H,30,36)(H,31,38)(H,32,35)/t11-,12-,13+,14+,15+,16+,17+/m1/s1. The lowest BCUT2D eigenvalue weighted by molar-refractivity contribution is -0.176. The van der Waals surface area contributed by atoms with E-state index in [-0.39, 0.29) is 41.7 Å². The van der Waals surface area contributed by atoms with Gasteiger partial charge in [0.2, 0.25) is 23.6 Å². The van der Waals surface area contributed by atoms with Gasteiger partial charge in [0, 0.05) is 25.1 Å². The summed E-state index contributed by atoms with van der Waals surface area (Å²) in [5.74, 6) is -5.87. The highest BCUT2D eigenvalue weighted by atomic mass is 19.4. The number of primary amides is 1. The lowest BCUT2D eigenvalue weighted by Crippen LogP contribution is -2.61. The van der Waals surface area contributed by atoms with Crippen molar-refractivity contribution in [3.05, 3.63) is 0 Å². The maximum absolute atomic E-state index is 13.6. The summed E-state index contributed by atoms with van der Waals surface area (Å²) in [6.45, 7) is 5.24. The van der Waals surface area contributed by atoms with Crippen LogP contribution in [0.15, 0.2) is 0 Å². The summed E-state index contributed by atoms with van der Waals surface area (Å²) in [5.41, 5.74) is 4.98. The molecule has 39 heavy (non-hydrogen) atoms. The predicted octanol–water partition coefficient (Wildman–Crippen LogP) is -0.0296. The van der Waals surface area contributed by atoms with Gasteiger partial charge in [-0.05, 0) is 56.3 Å². The number of nitrogens with two attached hydrogens (primary N) is 1. The van der Waals surface area contributed by atoms with Crippen LogP contribution in [0.5, 0.6) is 0 Å². The van der Waals surface area contributed by atoms with Crippen LogP contribution in [0.25, 0.3) is 0 Å². The van der Waals surface area contributed by atoms with Crippen molar-refractivity contribution in [2.45, 2.75) is 88.8 Å². The number of hydrogen-bond acceptors (Lipinski definition) is 6. The molecule has 0 aromatic heterocycles. The van der Waals surface area contributed by atoms with Crippen LogP contribution in [-0.4, -0.2) is 84.0 Å². The van der Waals surface area contributed by atoms with Crippen molar-refractivity contribution in [2.24, 2.45) is 28.9 Å². The molecule has 2 aliphatic carbocycles. The van der Waals surface area contributed by atoms with Crippen LogP contribution in [0.3, 0.4) is 0 Å². The largest absolute Gasteiger partial charge is 0.471 e. The second-order valence-corrected chi connectivity index (χ2v) is 12.0. The Hall–Kier alpha value is -2.90. The fourth-order valence-electron chi connectivity index (χ4n) is 6.62. The minimum atomic E-state index is -5.22. The summed E-state index contributed by atoms with van der Waals surface area (Å²) in [5, 5.41) is 7.29. The van der Waals surface area contributed by atoms with Crippen molar-refractivity contribution in [3.8, 4) is 0 Å². The van der Waals surface area contributed by atoms with E-state index in [1.807, 2.05) is 13.8 Å². The molecule has 0 radical (unpaired) electrons. The molecular formula is C25H36F3N5O6. The van der Waals surface area contributed by atoms with Crippen molar-refractivity contribution < 1.29 is 41.9 Å². The van der Waals surface area contributed by atoms with Gasteiger partial charge >= 0.3 is 12.1 Å². The Morgan fingerprint density at radius 3 is 2.33 bits per heavy atom. The number of nitrogens with zero attached hydrogens (tertiary/aromatic N) is 1. The maximum atomic E-state index is 13.6. The molecule has 5 amide bonds. The topological polar surface area (TPSA) is 160 Å². The molecule has 2 saturated heterocycles. The number of likely N-dealkylation sites (tertiary alicyclic amines) is 1. The van der Waals surface area contributed by atoms with Crippen molar-refractivity contribution in [1.82, 2.24) is 20.9 Å². The summed E-state index contributed by atoms with van der Waals surface area (Å²) in [6.07, 6.45) is -3.12. The second kappa shape index (κ2) is 9.93. The first-order valence-corrected chi connectivity index (χ1v) is 13.1. The van der Waals surface area contributed by atoms with Gasteiger partial charge in [-0.15, -0.1) is 0 Å². The summed E-state index contributed by atoms with van der Waals surface area (Å²) in [4.78, 5) is 64.7. The third kappa shape index (κ3) is 5.31. The van der Waals surface area contributed by atoms with E-state index >= 15 is 0 Å². The number of halogens is 3. The molecule has 0 aromatic rings. The zero-order valence-electron chi connectivity index (χ0n) is 22.4. The Morgan fingerprint density at radius 1 is 1.21 bits per heavy atom. The van der Waals surface area contributed by atoms with Crippen molar-refractivity contribution in [1.29, 1.82) is 0 Å². The number of methoxy groups -OCH3 is 1. The first-order chi connectivity index (χ1) is 18.0. The third-order valence-corrected chi connectivity index (χ3v) is 9.30. The molecule has 218 valence electrons.